The number of carbonyl (C=O) groups excluding carboxylic acids is 1. The molecule has 0 aromatic heterocycles. The van der Waals surface area contributed by atoms with Crippen molar-refractivity contribution in [2.24, 2.45) is 5.92 Å². The molecule has 5 heteroatoms. The van der Waals surface area contributed by atoms with Crippen molar-refractivity contribution in [3.63, 3.8) is 0 Å². The third-order valence-electron chi connectivity index (χ3n) is 4.72. The van der Waals surface area contributed by atoms with Crippen molar-refractivity contribution >= 4 is 5.97 Å². The van der Waals surface area contributed by atoms with Crippen molar-refractivity contribution in [3.8, 4) is 11.5 Å². The van der Waals surface area contributed by atoms with E-state index in [9.17, 15) is 4.79 Å². The predicted octanol–water partition coefficient (Wildman–Crippen LogP) is 5.04. The lowest BCUT2D eigenvalue weighted by atomic mass is 10.1. The zero-order valence-corrected chi connectivity index (χ0v) is 17.0. The summed E-state index contributed by atoms with van der Waals surface area (Å²) in [5.41, 5.74) is 0.881. The maximum Gasteiger partial charge on any atom is 0.319 e. The third kappa shape index (κ3) is 7.51. The molecular formula is C22H34O5. The van der Waals surface area contributed by atoms with Gasteiger partial charge in [0.1, 0.15) is 17.4 Å². The van der Waals surface area contributed by atoms with Crippen LogP contribution in [0.1, 0.15) is 64.4 Å². The summed E-state index contributed by atoms with van der Waals surface area (Å²) >= 11 is 0. The maximum atomic E-state index is 12.4. The fraction of sp³-hybridized carbons (Fsp3) is 0.682. The first-order valence-corrected chi connectivity index (χ1v) is 10.3. The van der Waals surface area contributed by atoms with Gasteiger partial charge in [-0.2, -0.15) is 0 Å². The molecular weight excluding hydrogens is 344 g/mol. The monoisotopic (exact) mass is 378 g/mol. The molecule has 0 aliphatic carbocycles. The van der Waals surface area contributed by atoms with Gasteiger partial charge in [-0.3, -0.25) is 4.79 Å². The van der Waals surface area contributed by atoms with E-state index in [-0.39, 0.29) is 18.2 Å². The van der Waals surface area contributed by atoms with Crippen molar-refractivity contribution in [1.29, 1.82) is 0 Å². The first-order valence-electron chi connectivity index (χ1n) is 10.3. The van der Waals surface area contributed by atoms with Gasteiger partial charge in [-0.25, -0.2) is 0 Å². The second kappa shape index (κ2) is 12.0. The zero-order valence-electron chi connectivity index (χ0n) is 17.0. The Kier molecular flexibility index (Phi) is 9.64. The number of benzene rings is 1. The maximum absolute atomic E-state index is 12.4. The lowest BCUT2D eigenvalue weighted by molar-refractivity contribution is -0.208. The van der Waals surface area contributed by atoms with Gasteiger partial charge in [0.25, 0.3) is 0 Å². The molecule has 27 heavy (non-hydrogen) atoms. The second-order valence-corrected chi connectivity index (χ2v) is 7.19. The number of esters is 1. The third-order valence-corrected chi connectivity index (χ3v) is 4.72. The fourth-order valence-corrected chi connectivity index (χ4v) is 2.97. The lowest BCUT2D eigenvalue weighted by Gasteiger charge is -2.28. The molecule has 0 spiro atoms. The highest BCUT2D eigenvalue weighted by molar-refractivity contribution is 5.76. The minimum atomic E-state index is -0.378. The van der Waals surface area contributed by atoms with E-state index in [0.29, 0.717) is 25.6 Å². The Balaban J connectivity index is 1.77. The molecule has 0 N–H and O–H groups in total. The SMILES string of the molecule is CCCCCOc1ccc(OC(=O)C2COC(CCCCC)OC2)c(C)c1. The highest BCUT2D eigenvalue weighted by Crippen LogP contribution is 2.25. The highest BCUT2D eigenvalue weighted by Gasteiger charge is 2.29. The minimum absolute atomic E-state index is 0.188. The van der Waals surface area contributed by atoms with Gasteiger partial charge in [-0.05, 0) is 49.9 Å². The molecule has 1 fully saturated rings. The number of unbranched alkanes of at least 4 members (excludes halogenated alkanes) is 4. The number of carbonyl (C=O) groups is 1. The van der Waals surface area contributed by atoms with Crippen LogP contribution in [0.2, 0.25) is 0 Å². The van der Waals surface area contributed by atoms with Crippen molar-refractivity contribution < 1.29 is 23.7 Å². The fourth-order valence-electron chi connectivity index (χ4n) is 2.97. The van der Waals surface area contributed by atoms with Crippen LogP contribution >= 0.6 is 0 Å². The molecule has 0 saturated carbocycles. The van der Waals surface area contributed by atoms with Crippen LogP contribution in [0.15, 0.2) is 18.2 Å². The van der Waals surface area contributed by atoms with E-state index in [2.05, 4.69) is 13.8 Å². The number of hydrogen-bond donors (Lipinski definition) is 0. The van der Waals surface area contributed by atoms with Crippen LogP contribution in [0, 0.1) is 12.8 Å². The van der Waals surface area contributed by atoms with Crippen LogP contribution in [0.25, 0.3) is 0 Å². The van der Waals surface area contributed by atoms with E-state index in [1.807, 2.05) is 19.1 Å². The van der Waals surface area contributed by atoms with E-state index in [4.69, 9.17) is 18.9 Å². The zero-order chi connectivity index (χ0) is 19.5. The van der Waals surface area contributed by atoms with Crippen LogP contribution in [-0.2, 0) is 14.3 Å². The van der Waals surface area contributed by atoms with Gasteiger partial charge < -0.3 is 18.9 Å². The lowest BCUT2D eigenvalue weighted by Crippen LogP contribution is -2.38. The standard InChI is InChI=1S/C22H34O5/c1-4-6-8-10-21-25-15-18(16-26-21)22(23)27-20-12-11-19(14-17(20)3)24-13-9-7-5-2/h11-12,14,18,21H,4-10,13,15-16H2,1-3H3. The van der Waals surface area contributed by atoms with Gasteiger partial charge in [-0.1, -0.05) is 39.5 Å². The summed E-state index contributed by atoms with van der Waals surface area (Å²) in [5, 5.41) is 0. The van der Waals surface area contributed by atoms with Crippen molar-refractivity contribution in [3.05, 3.63) is 23.8 Å². The molecule has 2 rings (SSSR count). The molecule has 0 amide bonds. The topological polar surface area (TPSA) is 54.0 Å². The Morgan fingerprint density at radius 3 is 2.44 bits per heavy atom. The summed E-state index contributed by atoms with van der Waals surface area (Å²) < 4.78 is 22.6. The van der Waals surface area contributed by atoms with Crippen LogP contribution in [-0.4, -0.2) is 32.1 Å². The van der Waals surface area contributed by atoms with E-state index in [1.165, 1.54) is 25.7 Å². The van der Waals surface area contributed by atoms with E-state index in [0.717, 1.165) is 30.6 Å². The second-order valence-electron chi connectivity index (χ2n) is 7.19. The minimum Gasteiger partial charge on any atom is -0.494 e. The molecule has 0 bridgehead atoms. The molecule has 1 saturated heterocycles. The average molecular weight is 379 g/mol. The molecule has 1 aliphatic rings. The summed E-state index contributed by atoms with van der Waals surface area (Å²) in [6.07, 6.45) is 7.51. The Hall–Kier alpha value is -1.59. The number of aryl methyl sites for hydroxylation is 1. The molecule has 0 unspecified atom stereocenters. The van der Waals surface area contributed by atoms with E-state index >= 15 is 0 Å². The Labute approximate surface area is 163 Å². The normalized spacial score (nSPS) is 19.7. The van der Waals surface area contributed by atoms with Gasteiger partial charge in [0.15, 0.2) is 6.29 Å². The van der Waals surface area contributed by atoms with Crippen LogP contribution < -0.4 is 9.47 Å². The summed E-state index contributed by atoms with van der Waals surface area (Å²) in [6.45, 7) is 7.67. The van der Waals surface area contributed by atoms with Crippen LogP contribution in [0.4, 0.5) is 0 Å². The van der Waals surface area contributed by atoms with Crippen molar-refractivity contribution in [1.82, 2.24) is 0 Å². The Morgan fingerprint density at radius 1 is 1.07 bits per heavy atom. The van der Waals surface area contributed by atoms with Gasteiger partial charge in [0, 0.05) is 0 Å². The number of hydrogen-bond acceptors (Lipinski definition) is 5. The molecule has 0 radical (unpaired) electrons. The van der Waals surface area contributed by atoms with Crippen LogP contribution in [0.5, 0.6) is 11.5 Å². The van der Waals surface area contributed by atoms with E-state index < -0.39 is 0 Å². The van der Waals surface area contributed by atoms with Gasteiger partial charge in [0.05, 0.1) is 19.8 Å². The predicted molar refractivity (Wildman–Crippen MR) is 105 cm³/mol. The molecule has 0 atom stereocenters. The first kappa shape index (κ1) is 21.7. The smallest absolute Gasteiger partial charge is 0.319 e. The van der Waals surface area contributed by atoms with Gasteiger partial charge in [-0.15, -0.1) is 0 Å². The molecule has 152 valence electrons. The largest absolute Gasteiger partial charge is 0.494 e. The molecule has 1 aromatic carbocycles. The molecule has 5 nitrogen and oxygen atoms in total. The van der Waals surface area contributed by atoms with E-state index in [1.54, 1.807) is 6.07 Å². The summed E-state index contributed by atoms with van der Waals surface area (Å²) in [5.74, 6) is 0.687. The number of rotatable bonds is 11. The Bertz CT molecular complexity index is 564. The highest BCUT2D eigenvalue weighted by atomic mass is 16.7. The van der Waals surface area contributed by atoms with Crippen LogP contribution in [0.3, 0.4) is 0 Å². The summed E-state index contributed by atoms with van der Waals surface area (Å²) in [6, 6.07) is 5.55. The first-order chi connectivity index (χ1) is 13.1. The average Bonchev–Trinajstić information content (AvgIpc) is 2.68. The van der Waals surface area contributed by atoms with Crippen molar-refractivity contribution in [2.75, 3.05) is 19.8 Å². The van der Waals surface area contributed by atoms with Crippen molar-refractivity contribution in [2.45, 2.75) is 72.0 Å². The molecule has 1 aromatic rings. The van der Waals surface area contributed by atoms with Gasteiger partial charge in [0.2, 0.25) is 0 Å². The Morgan fingerprint density at radius 2 is 1.78 bits per heavy atom. The quantitative estimate of drug-likeness (QED) is 0.307. The van der Waals surface area contributed by atoms with Gasteiger partial charge >= 0.3 is 5.97 Å². The summed E-state index contributed by atoms with van der Waals surface area (Å²) in [4.78, 5) is 12.4. The number of ether oxygens (including phenoxy) is 4. The summed E-state index contributed by atoms with van der Waals surface area (Å²) in [7, 11) is 0. The molecule has 1 aliphatic heterocycles. The molecule has 1 heterocycles.